The van der Waals surface area contributed by atoms with E-state index in [2.05, 4.69) is 29.6 Å². The second-order valence-corrected chi connectivity index (χ2v) is 9.70. The molecular weight excluding hydrogens is 444 g/mol. The summed E-state index contributed by atoms with van der Waals surface area (Å²) in [5.41, 5.74) is 4.78. The van der Waals surface area contributed by atoms with E-state index in [1.165, 1.54) is 22.3 Å². The number of amides is 2. The summed E-state index contributed by atoms with van der Waals surface area (Å²) < 4.78 is 5.55. The lowest BCUT2D eigenvalue weighted by molar-refractivity contribution is -0.138. The van der Waals surface area contributed by atoms with Crippen LogP contribution in [0.15, 0.2) is 48.5 Å². The van der Waals surface area contributed by atoms with Gasteiger partial charge in [-0.2, -0.15) is 0 Å². The molecule has 0 radical (unpaired) electrons. The molecule has 1 aliphatic heterocycles. The molecule has 2 amide bonds. The first-order chi connectivity index (χ1) is 16.9. The molecule has 0 saturated carbocycles. The molecule has 35 heavy (non-hydrogen) atoms. The highest BCUT2D eigenvalue weighted by atomic mass is 16.5. The topological polar surface area (TPSA) is 95.9 Å². The Bertz CT molecular complexity index is 1020. The molecule has 1 fully saturated rings. The standard InChI is InChI=1S/C28H34N2O5/c1-19-16-30(17-20(19)15-27(32)33)26(31)13-3-2-8-14-29-28(34)35-18-25-23-11-6-4-9-21(23)22-10-5-7-12-24(22)25/h4-7,9-12,19-20,25H,2-3,8,13-18H2,1H3,(H,29,34)(H,32,33)/t19-,20-/m1/s1. The van der Waals surface area contributed by atoms with Gasteiger partial charge in [0.2, 0.25) is 5.91 Å². The normalized spacial score (nSPS) is 18.7. The molecule has 7 nitrogen and oxygen atoms in total. The first-order valence-electron chi connectivity index (χ1n) is 12.5. The van der Waals surface area contributed by atoms with Crippen molar-refractivity contribution in [1.82, 2.24) is 10.2 Å². The zero-order valence-electron chi connectivity index (χ0n) is 20.2. The number of aliphatic carboxylic acids is 1. The van der Waals surface area contributed by atoms with E-state index >= 15 is 0 Å². The van der Waals surface area contributed by atoms with Crippen LogP contribution in [0.4, 0.5) is 4.79 Å². The van der Waals surface area contributed by atoms with E-state index in [0.717, 1.165) is 19.3 Å². The molecule has 1 saturated heterocycles. The Morgan fingerprint density at radius 1 is 0.971 bits per heavy atom. The van der Waals surface area contributed by atoms with Crippen molar-refractivity contribution in [1.29, 1.82) is 0 Å². The van der Waals surface area contributed by atoms with E-state index in [1.807, 2.05) is 31.2 Å². The number of hydrogen-bond acceptors (Lipinski definition) is 4. The maximum absolute atomic E-state index is 12.4. The average Bonchev–Trinajstić information content (AvgIpc) is 3.37. The summed E-state index contributed by atoms with van der Waals surface area (Å²) in [4.78, 5) is 37.4. The fourth-order valence-electron chi connectivity index (χ4n) is 5.30. The van der Waals surface area contributed by atoms with Gasteiger partial charge in [0.05, 0.1) is 6.42 Å². The van der Waals surface area contributed by atoms with Gasteiger partial charge in [-0.05, 0) is 46.9 Å². The van der Waals surface area contributed by atoms with Gasteiger partial charge in [-0.25, -0.2) is 4.79 Å². The van der Waals surface area contributed by atoms with Crippen LogP contribution in [0.5, 0.6) is 0 Å². The number of alkyl carbamates (subject to hydrolysis) is 1. The Hall–Kier alpha value is -3.35. The molecule has 0 bridgehead atoms. The number of rotatable bonds is 10. The third-order valence-electron chi connectivity index (χ3n) is 7.24. The molecule has 2 aromatic carbocycles. The van der Waals surface area contributed by atoms with Crippen molar-refractivity contribution >= 4 is 18.0 Å². The van der Waals surface area contributed by atoms with Crippen molar-refractivity contribution in [3.8, 4) is 11.1 Å². The minimum absolute atomic E-state index is 0.0397. The number of nitrogens with one attached hydrogen (secondary N) is 1. The first kappa shape index (κ1) is 24.8. The summed E-state index contributed by atoms with van der Waals surface area (Å²) in [6, 6.07) is 16.5. The first-order valence-corrected chi connectivity index (χ1v) is 12.5. The van der Waals surface area contributed by atoms with Crippen molar-refractivity contribution in [3.05, 3.63) is 59.7 Å². The van der Waals surface area contributed by atoms with Crippen LogP contribution in [0.25, 0.3) is 11.1 Å². The largest absolute Gasteiger partial charge is 0.481 e. The average molecular weight is 479 g/mol. The lowest BCUT2D eigenvalue weighted by Crippen LogP contribution is -2.29. The number of nitrogens with zero attached hydrogens (tertiary/aromatic N) is 1. The van der Waals surface area contributed by atoms with E-state index in [4.69, 9.17) is 9.84 Å². The van der Waals surface area contributed by atoms with Crippen LogP contribution in [0.3, 0.4) is 0 Å². The number of unbranched alkanes of at least 4 members (excludes halogenated alkanes) is 2. The number of carbonyl (C=O) groups excluding carboxylic acids is 2. The van der Waals surface area contributed by atoms with E-state index in [-0.39, 0.29) is 30.1 Å². The molecule has 0 unspecified atom stereocenters. The quantitative estimate of drug-likeness (QED) is 0.485. The summed E-state index contributed by atoms with van der Waals surface area (Å²) in [6.07, 6.45) is 2.51. The van der Waals surface area contributed by atoms with Crippen LogP contribution in [0.1, 0.15) is 56.1 Å². The van der Waals surface area contributed by atoms with Gasteiger partial charge in [0.15, 0.2) is 0 Å². The number of fused-ring (bicyclic) bond motifs is 3. The maximum atomic E-state index is 12.4. The fraction of sp³-hybridized carbons (Fsp3) is 0.464. The molecule has 0 aromatic heterocycles. The van der Waals surface area contributed by atoms with Crippen LogP contribution in [0.2, 0.25) is 0 Å². The van der Waals surface area contributed by atoms with Crippen LogP contribution in [-0.4, -0.2) is 54.2 Å². The number of carboxylic acid groups (broad SMARTS) is 1. The maximum Gasteiger partial charge on any atom is 0.407 e. The summed E-state index contributed by atoms with van der Waals surface area (Å²) >= 11 is 0. The van der Waals surface area contributed by atoms with Crippen molar-refractivity contribution in [2.75, 3.05) is 26.2 Å². The summed E-state index contributed by atoms with van der Waals surface area (Å²) in [6.45, 7) is 3.99. The highest BCUT2D eigenvalue weighted by molar-refractivity contribution is 5.79. The van der Waals surface area contributed by atoms with Gasteiger partial charge in [-0.1, -0.05) is 61.9 Å². The lowest BCUT2D eigenvalue weighted by atomic mass is 9.95. The van der Waals surface area contributed by atoms with Crippen LogP contribution in [-0.2, 0) is 14.3 Å². The molecule has 7 heteroatoms. The van der Waals surface area contributed by atoms with Gasteiger partial charge in [-0.15, -0.1) is 0 Å². The predicted molar refractivity (Wildman–Crippen MR) is 133 cm³/mol. The number of carboxylic acids is 1. The van der Waals surface area contributed by atoms with Gasteiger partial charge in [0.1, 0.15) is 6.61 Å². The third-order valence-corrected chi connectivity index (χ3v) is 7.24. The van der Waals surface area contributed by atoms with E-state index < -0.39 is 12.1 Å². The number of ether oxygens (including phenoxy) is 1. The Kier molecular flexibility index (Phi) is 8.06. The molecule has 1 heterocycles. The number of benzene rings is 2. The summed E-state index contributed by atoms with van der Waals surface area (Å²) in [5, 5.41) is 11.8. The summed E-state index contributed by atoms with van der Waals surface area (Å²) in [7, 11) is 0. The smallest absolute Gasteiger partial charge is 0.407 e. The molecule has 2 N–H and O–H groups in total. The van der Waals surface area contributed by atoms with E-state index in [0.29, 0.717) is 32.7 Å². The Balaban J connectivity index is 1.12. The monoisotopic (exact) mass is 478 g/mol. The zero-order valence-corrected chi connectivity index (χ0v) is 20.2. The second-order valence-electron chi connectivity index (χ2n) is 9.70. The summed E-state index contributed by atoms with van der Waals surface area (Å²) in [5.74, 6) is -0.411. The van der Waals surface area contributed by atoms with Crippen molar-refractivity contribution in [3.63, 3.8) is 0 Å². The Morgan fingerprint density at radius 3 is 2.29 bits per heavy atom. The fourth-order valence-corrected chi connectivity index (χ4v) is 5.30. The van der Waals surface area contributed by atoms with Crippen molar-refractivity contribution < 1.29 is 24.2 Å². The molecular formula is C28H34N2O5. The lowest BCUT2D eigenvalue weighted by Gasteiger charge is -2.16. The van der Waals surface area contributed by atoms with Gasteiger partial charge in [0, 0.05) is 32.0 Å². The highest BCUT2D eigenvalue weighted by Crippen LogP contribution is 2.44. The van der Waals surface area contributed by atoms with Gasteiger partial charge in [-0.3, -0.25) is 9.59 Å². The van der Waals surface area contributed by atoms with E-state index in [1.54, 1.807) is 4.90 Å². The molecule has 1 aliphatic carbocycles. The van der Waals surface area contributed by atoms with Gasteiger partial charge < -0.3 is 20.1 Å². The SMILES string of the molecule is C[C@@H]1CN(C(=O)CCCCCNC(=O)OCC2c3ccccc3-c3ccccc32)C[C@H]1CC(=O)O. The minimum atomic E-state index is -0.806. The third kappa shape index (κ3) is 6.02. The van der Waals surface area contributed by atoms with Crippen molar-refractivity contribution in [2.45, 2.75) is 44.9 Å². The number of carbonyl (C=O) groups is 3. The number of hydrogen-bond donors (Lipinski definition) is 2. The van der Waals surface area contributed by atoms with Crippen molar-refractivity contribution in [2.24, 2.45) is 11.8 Å². The Morgan fingerprint density at radius 2 is 1.63 bits per heavy atom. The zero-order chi connectivity index (χ0) is 24.8. The van der Waals surface area contributed by atoms with E-state index in [9.17, 15) is 14.4 Å². The predicted octanol–water partition coefficient (Wildman–Crippen LogP) is 4.65. The Labute approximate surface area is 206 Å². The van der Waals surface area contributed by atoms with Gasteiger partial charge in [0.25, 0.3) is 0 Å². The highest BCUT2D eigenvalue weighted by Gasteiger charge is 2.33. The number of likely N-dealkylation sites (tertiary alicyclic amines) is 1. The van der Waals surface area contributed by atoms with Crippen LogP contribution >= 0.6 is 0 Å². The van der Waals surface area contributed by atoms with Crippen LogP contribution < -0.4 is 5.32 Å². The molecule has 2 aliphatic rings. The molecule has 186 valence electrons. The molecule has 2 atom stereocenters. The molecule has 0 spiro atoms. The second kappa shape index (κ2) is 11.4. The van der Waals surface area contributed by atoms with Crippen LogP contribution in [0, 0.1) is 11.8 Å². The minimum Gasteiger partial charge on any atom is -0.481 e. The molecule has 4 rings (SSSR count). The molecule has 2 aromatic rings. The van der Waals surface area contributed by atoms with Gasteiger partial charge >= 0.3 is 12.1 Å².